The normalized spacial score (nSPS) is 15.0. The number of hydrogen-bond acceptors (Lipinski definition) is 10. The van der Waals surface area contributed by atoms with E-state index in [0.29, 0.717) is 40.7 Å². The van der Waals surface area contributed by atoms with Gasteiger partial charge in [0.05, 0.1) is 46.7 Å². The number of halogens is 1. The molecule has 0 bridgehead atoms. The van der Waals surface area contributed by atoms with E-state index in [-0.39, 0.29) is 18.8 Å². The van der Waals surface area contributed by atoms with Crippen LogP contribution in [0.15, 0.2) is 77.0 Å². The van der Waals surface area contributed by atoms with E-state index in [0.717, 1.165) is 14.7 Å². The number of nitriles is 1. The molecule has 0 saturated heterocycles. The molecule has 0 radical (unpaired) electrons. The number of amides is 2. The molecule has 4 N–H and O–H groups in total. The molecule has 0 saturated carbocycles. The minimum atomic E-state index is -1.14. The summed E-state index contributed by atoms with van der Waals surface area (Å²) in [5.41, 5.74) is 6.03. The minimum absolute atomic E-state index is 0.151. The van der Waals surface area contributed by atoms with Gasteiger partial charge in [0.15, 0.2) is 17.7 Å². The third kappa shape index (κ3) is 8.64. The van der Waals surface area contributed by atoms with Crippen molar-refractivity contribution in [1.82, 2.24) is 16.1 Å². The van der Waals surface area contributed by atoms with Crippen molar-refractivity contribution in [2.24, 2.45) is 5.10 Å². The van der Waals surface area contributed by atoms with Gasteiger partial charge in [-0.15, -0.1) is 0 Å². The van der Waals surface area contributed by atoms with E-state index < -0.39 is 24.3 Å². The van der Waals surface area contributed by atoms with Crippen molar-refractivity contribution in [2.75, 3.05) is 20.3 Å². The Morgan fingerprint density at radius 2 is 1.91 bits per heavy atom. The van der Waals surface area contributed by atoms with Gasteiger partial charge in [-0.2, -0.15) is 10.4 Å². The summed E-state index contributed by atoms with van der Waals surface area (Å²) in [5.74, 6) is 0.824. The fourth-order valence-electron chi connectivity index (χ4n) is 4.45. The van der Waals surface area contributed by atoms with Crippen molar-refractivity contribution in [2.45, 2.75) is 32.7 Å². The first kappa shape index (κ1) is 33.1. The van der Waals surface area contributed by atoms with Gasteiger partial charge in [-0.1, -0.05) is 24.3 Å². The van der Waals surface area contributed by atoms with Crippen LogP contribution in [0.1, 0.15) is 42.1 Å². The molecule has 0 aliphatic carbocycles. The quantitative estimate of drug-likeness (QED) is 0.0663. The number of nitrogens with zero attached hydrogens (tertiary/aromatic N) is 2. The van der Waals surface area contributed by atoms with Crippen molar-refractivity contribution >= 4 is 40.8 Å². The van der Waals surface area contributed by atoms with Crippen molar-refractivity contribution in [3.8, 4) is 23.3 Å². The number of benzene rings is 3. The Morgan fingerprint density at radius 3 is 2.64 bits per heavy atom. The lowest BCUT2D eigenvalue weighted by Gasteiger charge is -2.28. The number of carbonyl (C=O) groups excluding carboxylic acids is 2. The van der Waals surface area contributed by atoms with Gasteiger partial charge in [0, 0.05) is 11.3 Å². The van der Waals surface area contributed by atoms with Crippen molar-refractivity contribution < 1.29 is 33.6 Å². The van der Waals surface area contributed by atoms with Crippen LogP contribution in [0.3, 0.4) is 0 Å². The van der Waals surface area contributed by atoms with Crippen LogP contribution in [-0.2, 0) is 16.1 Å². The van der Waals surface area contributed by atoms with E-state index in [4.69, 9.17) is 18.9 Å². The average molecular weight is 726 g/mol. The summed E-state index contributed by atoms with van der Waals surface area (Å²) < 4.78 is 23.2. The third-order valence-electron chi connectivity index (χ3n) is 6.59. The van der Waals surface area contributed by atoms with Crippen molar-refractivity contribution in [3.05, 3.63) is 97.8 Å². The number of allylic oxidation sites excluding steroid dienone is 1. The van der Waals surface area contributed by atoms with Crippen LogP contribution < -0.4 is 30.3 Å². The van der Waals surface area contributed by atoms with Gasteiger partial charge >= 0.3 is 12.0 Å². The lowest BCUT2D eigenvalue weighted by atomic mass is 9.95. The number of urea groups is 1. The first-order valence-electron chi connectivity index (χ1n) is 13.9. The molecule has 0 unspecified atom stereocenters. The molecule has 234 valence electrons. The van der Waals surface area contributed by atoms with Crippen LogP contribution in [0.25, 0.3) is 0 Å². The summed E-state index contributed by atoms with van der Waals surface area (Å²) in [7, 11) is 1.27. The molecule has 2 amide bonds. The maximum Gasteiger partial charge on any atom is 0.337 e. The van der Waals surface area contributed by atoms with Crippen molar-refractivity contribution in [3.63, 3.8) is 0 Å². The number of rotatable bonds is 13. The molecule has 1 aliphatic heterocycles. The fourth-order valence-corrected chi connectivity index (χ4v) is 5.14. The molecule has 45 heavy (non-hydrogen) atoms. The second-order valence-electron chi connectivity index (χ2n) is 9.66. The minimum Gasteiger partial charge on any atom is -0.490 e. The number of ether oxygens (including phenoxy) is 4. The predicted molar refractivity (Wildman–Crippen MR) is 174 cm³/mol. The number of nitrogens with one attached hydrogen (secondary N) is 3. The Hall–Kier alpha value is -4.81. The number of aliphatic hydroxyl groups is 1. The van der Waals surface area contributed by atoms with Crippen LogP contribution >= 0.6 is 22.6 Å². The van der Waals surface area contributed by atoms with E-state index in [1.54, 1.807) is 37.4 Å². The summed E-state index contributed by atoms with van der Waals surface area (Å²) in [4.78, 5) is 24.6. The summed E-state index contributed by atoms with van der Waals surface area (Å²) in [5, 5.41) is 29.1. The highest BCUT2D eigenvalue weighted by molar-refractivity contribution is 14.1. The second-order valence-corrected chi connectivity index (χ2v) is 10.8. The number of hydrogen-bond donors (Lipinski definition) is 4. The zero-order chi connectivity index (χ0) is 32.3. The molecule has 3 aromatic carbocycles. The molecular formula is C32H32IN5O7. The third-order valence-corrected chi connectivity index (χ3v) is 7.43. The van der Waals surface area contributed by atoms with E-state index in [1.807, 2.05) is 43.3 Å². The van der Waals surface area contributed by atoms with Gasteiger partial charge < -0.3 is 34.7 Å². The molecule has 12 nitrogen and oxygen atoms in total. The summed E-state index contributed by atoms with van der Waals surface area (Å²) >= 11 is 2.16. The highest BCUT2D eigenvalue weighted by atomic mass is 127. The molecule has 2 atom stereocenters. The number of methoxy groups -OCH3 is 1. The van der Waals surface area contributed by atoms with E-state index in [2.05, 4.69) is 49.8 Å². The van der Waals surface area contributed by atoms with Crippen LogP contribution in [0, 0.1) is 14.9 Å². The van der Waals surface area contributed by atoms with E-state index in [1.165, 1.54) is 7.11 Å². The Balaban J connectivity index is 1.35. The SMILES string of the molecule is CCOc1cc([C@@H]2NC(=O)NC(C)=C2C(=O)OC)ccc1OC[C@@H](O)N/N=C\c1ccc(OCc2ccccc2C#N)c(I)c1. The van der Waals surface area contributed by atoms with Crippen LogP contribution in [0.4, 0.5) is 4.79 Å². The Labute approximate surface area is 274 Å². The van der Waals surface area contributed by atoms with Gasteiger partial charge in [-0.25, -0.2) is 9.59 Å². The molecule has 3 aromatic rings. The molecule has 0 spiro atoms. The molecule has 0 aromatic heterocycles. The molecule has 4 rings (SSSR count). The number of carbonyl (C=O) groups is 2. The zero-order valence-corrected chi connectivity index (χ0v) is 27.0. The maximum absolute atomic E-state index is 12.4. The Bertz CT molecular complexity index is 1650. The topological polar surface area (TPSA) is 164 Å². The standard InChI is InChI=1S/C32H32IN5O7/c1-4-43-27-14-21(30-29(31(40)42-3)19(2)36-32(41)37-30)10-12-26(27)45-18-28(39)38-35-16-20-9-11-25(24(33)13-20)44-17-23-8-6-5-7-22(23)15-34/h5-14,16,28,30,38-39H,4,17-18H2,1-3H3,(H2,36,37,41)/b35-16-/t28-,30+/m1/s1. The van der Waals surface area contributed by atoms with Gasteiger partial charge in [-0.3, -0.25) is 5.43 Å². The highest BCUT2D eigenvalue weighted by Crippen LogP contribution is 2.35. The first-order valence-corrected chi connectivity index (χ1v) is 14.9. The number of hydrazone groups is 1. The lowest BCUT2D eigenvalue weighted by Crippen LogP contribution is -2.45. The number of esters is 1. The monoisotopic (exact) mass is 725 g/mol. The van der Waals surface area contributed by atoms with Crippen LogP contribution in [0.5, 0.6) is 17.2 Å². The smallest absolute Gasteiger partial charge is 0.337 e. The molecule has 1 heterocycles. The highest BCUT2D eigenvalue weighted by Gasteiger charge is 2.32. The first-order chi connectivity index (χ1) is 21.7. The Morgan fingerprint density at radius 1 is 1.13 bits per heavy atom. The van der Waals surface area contributed by atoms with Crippen LogP contribution in [-0.4, -0.2) is 49.9 Å². The number of aliphatic hydroxyl groups excluding tert-OH is 1. The molecular weight excluding hydrogens is 693 g/mol. The van der Waals surface area contributed by atoms with Gasteiger partial charge in [0.25, 0.3) is 0 Å². The lowest BCUT2D eigenvalue weighted by molar-refractivity contribution is -0.136. The molecule has 13 heteroatoms. The van der Waals surface area contributed by atoms with Crippen LogP contribution in [0.2, 0.25) is 0 Å². The summed E-state index contributed by atoms with van der Waals surface area (Å²) in [6, 6.07) is 18.8. The fraction of sp³-hybridized carbons (Fsp3) is 0.250. The van der Waals surface area contributed by atoms with E-state index >= 15 is 0 Å². The largest absolute Gasteiger partial charge is 0.490 e. The zero-order valence-electron chi connectivity index (χ0n) is 24.8. The van der Waals surface area contributed by atoms with Gasteiger partial charge in [0.2, 0.25) is 0 Å². The van der Waals surface area contributed by atoms with E-state index in [9.17, 15) is 20.0 Å². The second kappa shape index (κ2) is 15.8. The summed E-state index contributed by atoms with van der Waals surface area (Å²) in [6.07, 6.45) is 0.417. The maximum atomic E-state index is 12.4. The Kier molecular flexibility index (Phi) is 11.6. The van der Waals surface area contributed by atoms with Gasteiger partial charge in [-0.05, 0) is 84.0 Å². The molecule has 1 aliphatic rings. The molecule has 0 fully saturated rings. The van der Waals surface area contributed by atoms with Crippen molar-refractivity contribution in [1.29, 1.82) is 5.26 Å². The summed E-state index contributed by atoms with van der Waals surface area (Å²) in [6.45, 7) is 3.89. The average Bonchev–Trinajstić information content (AvgIpc) is 3.03. The van der Waals surface area contributed by atoms with Gasteiger partial charge in [0.1, 0.15) is 19.0 Å². The predicted octanol–water partition coefficient (Wildman–Crippen LogP) is 4.26.